The zero-order valence-electron chi connectivity index (χ0n) is 8.89. The highest BCUT2D eigenvalue weighted by molar-refractivity contribution is 7.46. The van der Waals surface area contributed by atoms with E-state index in [1.165, 1.54) is 0 Å². The van der Waals surface area contributed by atoms with Crippen molar-refractivity contribution in [3.63, 3.8) is 0 Å². The molecular formula is C3H8NO12P3-4. The molecule has 0 saturated heterocycles. The molecule has 0 aromatic carbocycles. The van der Waals surface area contributed by atoms with Crippen LogP contribution in [0.2, 0.25) is 0 Å². The molecule has 0 aromatic heterocycles. The van der Waals surface area contributed by atoms with Crippen molar-refractivity contribution in [2.24, 2.45) is 0 Å². The van der Waals surface area contributed by atoms with Gasteiger partial charge in [0.1, 0.15) is 20.2 Å². The largest absolute Gasteiger partial charge is 0.790 e. The van der Waals surface area contributed by atoms with Crippen LogP contribution in [0.1, 0.15) is 0 Å². The molecule has 0 heterocycles. The number of hydrogen-bond donors (Lipinski definition) is 2. The molecule has 0 amide bonds. The van der Waals surface area contributed by atoms with Gasteiger partial charge in [0.05, 0.1) is 15.6 Å². The molecule has 0 radical (unpaired) electrons. The summed E-state index contributed by atoms with van der Waals surface area (Å²) in [5, 5.41) is 0. The average molecular weight is 343 g/mol. The molecule has 0 aliphatic carbocycles. The first-order valence-electron chi connectivity index (χ1n) is 4.04. The van der Waals surface area contributed by atoms with E-state index in [-0.39, 0.29) is 0 Å². The SMILES string of the molecule is O=P([O-])([O-])OCN(COP(=O)([O-])[O-])COP(=O)(O)O. The quantitative estimate of drug-likeness (QED) is 0.301. The van der Waals surface area contributed by atoms with E-state index < -0.39 is 43.7 Å². The number of phosphoric acid groups is 3. The lowest BCUT2D eigenvalue weighted by Crippen LogP contribution is -2.34. The van der Waals surface area contributed by atoms with Gasteiger partial charge in [-0.15, -0.1) is 0 Å². The molecule has 0 atom stereocenters. The van der Waals surface area contributed by atoms with Crippen LogP contribution in [-0.4, -0.2) is 34.9 Å². The van der Waals surface area contributed by atoms with Crippen LogP contribution in [0.4, 0.5) is 0 Å². The predicted molar refractivity (Wildman–Crippen MR) is 47.0 cm³/mol. The van der Waals surface area contributed by atoms with E-state index >= 15 is 0 Å². The van der Waals surface area contributed by atoms with E-state index in [1.807, 2.05) is 0 Å². The Bertz CT molecular complexity index is 343. The van der Waals surface area contributed by atoms with E-state index in [9.17, 15) is 33.3 Å². The molecule has 0 spiro atoms. The van der Waals surface area contributed by atoms with Gasteiger partial charge < -0.3 is 47.5 Å². The molecule has 0 rings (SSSR count). The highest BCUT2D eigenvalue weighted by atomic mass is 31.2. The average Bonchev–Trinajstić information content (AvgIpc) is 2.11. The molecule has 0 aliphatic heterocycles. The van der Waals surface area contributed by atoms with E-state index in [1.54, 1.807) is 0 Å². The van der Waals surface area contributed by atoms with Crippen molar-refractivity contribution in [2.75, 3.05) is 20.2 Å². The molecule has 0 bridgehead atoms. The summed E-state index contributed by atoms with van der Waals surface area (Å²) in [4.78, 5) is 57.7. The third-order valence-electron chi connectivity index (χ3n) is 1.21. The van der Waals surface area contributed by atoms with Crippen molar-refractivity contribution in [1.29, 1.82) is 0 Å². The van der Waals surface area contributed by atoms with Gasteiger partial charge in [-0.25, -0.2) is 9.46 Å². The van der Waals surface area contributed by atoms with Crippen LogP contribution >= 0.6 is 23.5 Å². The fourth-order valence-corrected chi connectivity index (χ4v) is 1.50. The van der Waals surface area contributed by atoms with Crippen LogP contribution in [0.3, 0.4) is 0 Å². The molecule has 2 N–H and O–H groups in total. The highest BCUT2D eigenvalue weighted by Crippen LogP contribution is 2.36. The first-order chi connectivity index (χ1) is 8.29. The molecule has 19 heavy (non-hydrogen) atoms. The summed E-state index contributed by atoms with van der Waals surface area (Å²) in [5.74, 6) is 0. The van der Waals surface area contributed by atoms with Crippen molar-refractivity contribution in [3.8, 4) is 0 Å². The maximum Gasteiger partial charge on any atom is 0.470 e. The zero-order valence-corrected chi connectivity index (χ0v) is 11.6. The maximum absolute atomic E-state index is 10.3. The van der Waals surface area contributed by atoms with Crippen molar-refractivity contribution < 1.29 is 56.6 Å². The van der Waals surface area contributed by atoms with Crippen LogP contribution < -0.4 is 19.6 Å². The Balaban J connectivity index is 4.42. The molecule has 116 valence electrons. The third-order valence-corrected chi connectivity index (χ3v) is 2.52. The fourth-order valence-electron chi connectivity index (χ4n) is 0.573. The van der Waals surface area contributed by atoms with E-state index in [0.717, 1.165) is 0 Å². The van der Waals surface area contributed by atoms with E-state index in [2.05, 4.69) is 13.6 Å². The topological polar surface area (TPSA) is 215 Å². The summed E-state index contributed by atoms with van der Waals surface area (Å²) >= 11 is 0. The fraction of sp³-hybridized carbons (Fsp3) is 1.00. The van der Waals surface area contributed by atoms with Gasteiger partial charge >= 0.3 is 7.82 Å². The summed E-state index contributed by atoms with van der Waals surface area (Å²) < 4.78 is 41.9. The minimum Gasteiger partial charge on any atom is -0.790 e. The summed E-state index contributed by atoms with van der Waals surface area (Å²) in [7, 11) is -15.8. The second kappa shape index (κ2) is 7.34. The van der Waals surface area contributed by atoms with Gasteiger partial charge in [0.2, 0.25) is 0 Å². The minimum absolute atomic E-state index is 0.379. The summed E-state index contributed by atoms with van der Waals surface area (Å²) in [6.07, 6.45) is 0. The van der Waals surface area contributed by atoms with Crippen molar-refractivity contribution >= 4 is 23.5 Å². The van der Waals surface area contributed by atoms with Gasteiger partial charge in [-0.1, -0.05) is 0 Å². The summed E-state index contributed by atoms with van der Waals surface area (Å²) in [5.41, 5.74) is 0. The Morgan fingerprint density at radius 1 is 0.789 bits per heavy atom. The van der Waals surface area contributed by atoms with Gasteiger partial charge in [0.15, 0.2) is 0 Å². The second-order valence-corrected chi connectivity index (χ2v) is 6.38. The molecule has 0 saturated carbocycles. The summed E-state index contributed by atoms with van der Waals surface area (Å²) in [6.45, 7) is -3.33. The van der Waals surface area contributed by atoms with Crippen molar-refractivity contribution in [2.45, 2.75) is 0 Å². The van der Waals surface area contributed by atoms with Crippen molar-refractivity contribution in [3.05, 3.63) is 0 Å². The number of nitrogens with zero attached hydrogens (tertiary/aromatic N) is 1. The Morgan fingerprint density at radius 3 is 1.37 bits per heavy atom. The standard InChI is InChI=1S/C3H12NO12P3/c5-17(6,7)14-1-4(2-15-18(8,9)10)3-16-19(11,12)13/h1-3H2,(H2,5,6,7)(H2,8,9,10)(H2,11,12,13)/p-4. The minimum atomic E-state index is -5.42. The molecule has 16 heteroatoms. The lowest BCUT2D eigenvalue weighted by molar-refractivity contribution is -0.347. The van der Waals surface area contributed by atoms with Gasteiger partial charge in [-0.2, -0.15) is 0 Å². The number of phosphoric ester groups is 3. The third kappa shape index (κ3) is 14.5. The molecule has 0 unspecified atom stereocenters. The molecular weight excluding hydrogens is 335 g/mol. The lowest BCUT2D eigenvalue weighted by atomic mass is 10.9. The van der Waals surface area contributed by atoms with Gasteiger partial charge in [-0.3, -0.25) is 4.52 Å². The van der Waals surface area contributed by atoms with Crippen LogP contribution in [0.15, 0.2) is 0 Å². The van der Waals surface area contributed by atoms with E-state index in [0.29, 0.717) is 4.90 Å². The smallest absolute Gasteiger partial charge is 0.470 e. The molecule has 13 nitrogen and oxygen atoms in total. The monoisotopic (exact) mass is 343 g/mol. The molecule has 0 aromatic rings. The van der Waals surface area contributed by atoms with Crippen LogP contribution in [-0.2, 0) is 27.3 Å². The molecule has 0 aliphatic rings. The Labute approximate surface area is 106 Å². The second-order valence-electron chi connectivity index (χ2n) is 2.83. The predicted octanol–water partition coefficient (Wildman–Crippen LogP) is -4.04. The van der Waals surface area contributed by atoms with Crippen molar-refractivity contribution in [1.82, 2.24) is 4.90 Å². The first kappa shape index (κ1) is 19.3. The lowest BCUT2D eigenvalue weighted by Gasteiger charge is -2.34. The van der Waals surface area contributed by atoms with Crippen LogP contribution in [0, 0.1) is 0 Å². The van der Waals surface area contributed by atoms with Gasteiger partial charge in [0, 0.05) is 0 Å². The van der Waals surface area contributed by atoms with Crippen LogP contribution in [0.5, 0.6) is 0 Å². The van der Waals surface area contributed by atoms with Crippen LogP contribution in [0.25, 0.3) is 0 Å². The number of hydrogen-bond acceptors (Lipinski definition) is 11. The van der Waals surface area contributed by atoms with Gasteiger partial charge in [-0.05, 0) is 0 Å². The highest BCUT2D eigenvalue weighted by Gasteiger charge is 2.17. The zero-order chi connectivity index (χ0) is 15.3. The Kier molecular flexibility index (Phi) is 7.45. The summed E-state index contributed by atoms with van der Waals surface area (Å²) in [6, 6.07) is 0. The van der Waals surface area contributed by atoms with E-state index in [4.69, 9.17) is 9.79 Å². The first-order valence-corrected chi connectivity index (χ1v) is 8.49. The molecule has 0 fully saturated rings. The maximum atomic E-state index is 10.3. The Hall–Kier alpha value is 0.290. The van der Waals surface area contributed by atoms with Gasteiger partial charge in [0.25, 0.3) is 0 Å². The number of rotatable bonds is 9. The normalized spacial score (nSPS) is 14.1. The Morgan fingerprint density at radius 2 is 1.11 bits per heavy atom.